The highest BCUT2D eigenvalue weighted by Gasteiger charge is 2.31. The fourth-order valence-corrected chi connectivity index (χ4v) is 4.21. The number of fused-ring (bicyclic) bond motifs is 1. The molecule has 0 bridgehead atoms. The van der Waals surface area contributed by atoms with Gasteiger partial charge in [-0.1, -0.05) is 0 Å². The summed E-state index contributed by atoms with van der Waals surface area (Å²) in [6.45, 7) is 5.24. The fraction of sp³-hybridized carbons (Fsp3) is 0.600. The van der Waals surface area contributed by atoms with Crippen molar-refractivity contribution in [2.45, 2.75) is 31.7 Å². The number of H-pyrrole nitrogens is 1. The van der Waals surface area contributed by atoms with Gasteiger partial charge < -0.3 is 14.8 Å². The van der Waals surface area contributed by atoms with Crippen molar-refractivity contribution in [3.05, 3.63) is 29.8 Å². The summed E-state index contributed by atoms with van der Waals surface area (Å²) in [7, 11) is 2.14. The molecule has 2 aliphatic rings. The molecule has 0 saturated carbocycles. The Labute approximate surface area is 159 Å². The predicted molar refractivity (Wildman–Crippen MR) is 103 cm³/mol. The first-order valence-corrected chi connectivity index (χ1v) is 9.96. The van der Waals surface area contributed by atoms with Gasteiger partial charge in [0.1, 0.15) is 11.6 Å². The van der Waals surface area contributed by atoms with Crippen LogP contribution < -0.4 is 0 Å². The van der Waals surface area contributed by atoms with Gasteiger partial charge in [-0.05, 0) is 64.0 Å². The van der Waals surface area contributed by atoms with E-state index in [0.29, 0.717) is 12.1 Å². The first-order chi connectivity index (χ1) is 13.1. The highest BCUT2D eigenvalue weighted by Crippen LogP contribution is 2.30. The van der Waals surface area contributed by atoms with E-state index in [2.05, 4.69) is 26.8 Å². The van der Waals surface area contributed by atoms with E-state index in [1.807, 2.05) is 4.90 Å². The van der Waals surface area contributed by atoms with E-state index in [1.54, 1.807) is 6.07 Å². The Bertz CT molecular complexity index is 807. The lowest BCUT2D eigenvalue weighted by Gasteiger charge is -2.36. The number of imidazole rings is 1. The zero-order valence-corrected chi connectivity index (χ0v) is 16.0. The zero-order chi connectivity index (χ0) is 18.8. The number of carbonyl (C=O) groups is 1. The first-order valence-electron chi connectivity index (χ1n) is 9.96. The minimum Gasteiger partial charge on any atom is -0.340 e. The van der Waals surface area contributed by atoms with E-state index in [1.165, 1.54) is 12.1 Å². The molecule has 7 heteroatoms. The number of benzene rings is 1. The zero-order valence-electron chi connectivity index (χ0n) is 16.0. The maximum Gasteiger partial charge on any atom is 0.237 e. The minimum atomic E-state index is -0.277. The number of nitrogens with zero attached hydrogens (tertiary/aromatic N) is 4. The van der Waals surface area contributed by atoms with Crippen LogP contribution >= 0.6 is 0 Å². The Kier molecular flexibility index (Phi) is 5.41. The van der Waals surface area contributed by atoms with Crippen molar-refractivity contribution in [3.63, 3.8) is 0 Å². The number of likely N-dealkylation sites (N-methyl/N-ethyl adjacent to an activating group) is 1. The Morgan fingerprint density at radius 1 is 1.19 bits per heavy atom. The van der Waals surface area contributed by atoms with Crippen molar-refractivity contribution in [2.75, 3.05) is 46.3 Å². The summed E-state index contributed by atoms with van der Waals surface area (Å²) in [5, 5.41) is 0. The Balaban J connectivity index is 1.50. The van der Waals surface area contributed by atoms with Gasteiger partial charge in [0.25, 0.3) is 0 Å². The van der Waals surface area contributed by atoms with E-state index in [-0.39, 0.29) is 17.8 Å². The Hall–Kier alpha value is -1.99. The van der Waals surface area contributed by atoms with Crippen LogP contribution in [0, 0.1) is 5.82 Å². The van der Waals surface area contributed by atoms with Crippen molar-refractivity contribution in [1.29, 1.82) is 0 Å². The topological polar surface area (TPSA) is 55.5 Å². The molecule has 4 rings (SSSR count). The molecule has 2 saturated heterocycles. The van der Waals surface area contributed by atoms with Crippen LogP contribution in [0.3, 0.4) is 0 Å². The molecule has 27 heavy (non-hydrogen) atoms. The second kappa shape index (κ2) is 7.94. The molecule has 2 aliphatic heterocycles. The Morgan fingerprint density at radius 2 is 2.07 bits per heavy atom. The van der Waals surface area contributed by atoms with Crippen LogP contribution in [0.4, 0.5) is 4.39 Å². The molecule has 1 amide bonds. The van der Waals surface area contributed by atoms with Crippen molar-refractivity contribution in [2.24, 2.45) is 0 Å². The molecule has 1 aromatic heterocycles. The van der Waals surface area contributed by atoms with Crippen LogP contribution in [0.1, 0.15) is 37.5 Å². The standard InChI is InChI=1S/C20H28FN5O/c1-24-8-4-9-25(12-11-24)14-19(27)26-10-3-2-5-18(26)20-22-16-7-6-15(21)13-17(16)23-20/h6-7,13,18H,2-5,8-12,14H2,1H3,(H,22,23). The molecule has 6 nitrogen and oxygen atoms in total. The van der Waals surface area contributed by atoms with E-state index in [4.69, 9.17) is 0 Å². The lowest BCUT2D eigenvalue weighted by atomic mass is 10.0. The highest BCUT2D eigenvalue weighted by molar-refractivity contribution is 5.79. The van der Waals surface area contributed by atoms with Gasteiger partial charge in [-0.15, -0.1) is 0 Å². The largest absolute Gasteiger partial charge is 0.340 e. The van der Waals surface area contributed by atoms with E-state index < -0.39 is 0 Å². The molecule has 2 aromatic rings. The first kappa shape index (κ1) is 18.4. The van der Waals surface area contributed by atoms with Crippen molar-refractivity contribution >= 4 is 16.9 Å². The molecular weight excluding hydrogens is 345 g/mol. The number of rotatable bonds is 3. The third-order valence-corrected chi connectivity index (χ3v) is 5.77. The van der Waals surface area contributed by atoms with Gasteiger partial charge in [0.15, 0.2) is 0 Å². The predicted octanol–water partition coefficient (Wildman–Crippen LogP) is 2.39. The molecular formula is C20H28FN5O. The lowest BCUT2D eigenvalue weighted by molar-refractivity contribution is -0.136. The molecule has 1 unspecified atom stereocenters. The molecule has 1 aromatic carbocycles. The quantitative estimate of drug-likeness (QED) is 0.898. The SMILES string of the molecule is CN1CCCN(CC(=O)N2CCCCC2c2nc3ccc(F)cc3[nH]2)CC1. The molecule has 2 fully saturated rings. The normalized spacial score (nSPS) is 22.9. The van der Waals surface area contributed by atoms with Crippen molar-refractivity contribution < 1.29 is 9.18 Å². The number of nitrogens with one attached hydrogen (secondary N) is 1. The summed E-state index contributed by atoms with van der Waals surface area (Å²) in [6.07, 6.45) is 4.10. The number of aromatic amines is 1. The number of piperidine rings is 1. The van der Waals surface area contributed by atoms with Crippen LogP contribution in [-0.2, 0) is 4.79 Å². The van der Waals surface area contributed by atoms with Gasteiger partial charge in [-0.25, -0.2) is 9.37 Å². The van der Waals surface area contributed by atoms with Gasteiger partial charge >= 0.3 is 0 Å². The van der Waals surface area contributed by atoms with Crippen LogP contribution in [0.25, 0.3) is 11.0 Å². The summed E-state index contributed by atoms with van der Waals surface area (Å²) >= 11 is 0. The highest BCUT2D eigenvalue weighted by atomic mass is 19.1. The number of amides is 1. The fourth-order valence-electron chi connectivity index (χ4n) is 4.21. The number of hydrogen-bond acceptors (Lipinski definition) is 4. The number of carbonyl (C=O) groups excluding carboxylic acids is 1. The van der Waals surface area contributed by atoms with Crippen LogP contribution in [0.5, 0.6) is 0 Å². The summed E-state index contributed by atoms with van der Waals surface area (Å²) in [6, 6.07) is 4.53. The van der Waals surface area contributed by atoms with Gasteiger partial charge in [-0.3, -0.25) is 9.69 Å². The number of halogens is 1. The number of likely N-dealkylation sites (tertiary alicyclic amines) is 1. The maximum absolute atomic E-state index is 13.5. The van der Waals surface area contributed by atoms with E-state index in [0.717, 1.165) is 69.7 Å². The molecule has 1 atom stereocenters. The summed E-state index contributed by atoms with van der Waals surface area (Å²) < 4.78 is 13.5. The van der Waals surface area contributed by atoms with E-state index in [9.17, 15) is 9.18 Å². The third kappa shape index (κ3) is 4.14. The van der Waals surface area contributed by atoms with Gasteiger partial charge in [0.2, 0.25) is 5.91 Å². The monoisotopic (exact) mass is 373 g/mol. The molecule has 0 aliphatic carbocycles. The lowest BCUT2D eigenvalue weighted by Crippen LogP contribution is -2.45. The second-order valence-electron chi connectivity index (χ2n) is 7.82. The third-order valence-electron chi connectivity index (χ3n) is 5.77. The molecule has 0 spiro atoms. The molecule has 1 N–H and O–H groups in total. The van der Waals surface area contributed by atoms with Gasteiger partial charge in [0.05, 0.1) is 23.6 Å². The van der Waals surface area contributed by atoms with E-state index >= 15 is 0 Å². The van der Waals surface area contributed by atoms with Crippen LogP contribution in [-0.4, -0.2) is 76.9 Å². The van der Waals surface area contributed by atoms with Gasteiger partial charge in [0, 0.05) is 19.6 Å². The minimum absolute atomic E-state index is 0.0450. The van der Waals surface area contributed by atoms with Crippen LogP contribution in [0.15, 0.2) is 18.2 Å². The average Bonchev–Trinajstić information content (AvgIpc) is 2.98. The molecule has 146 valence electrons. The number of hydrogen-bond donors (Lipinski definition) is 1. The average molecular weight is 373 g/mol. The van der Waals surface area contributed by atoms with Crippen molar-refractivity contribution in [1.82, 2.24) is 24.7 Å². The number of aromatic nitrogens is 2. The van der Waals surface area contributed by atoms with Gasteiger partial charge in [-0.2, -0.15) is 0 Å². The van der Waals surface area contributed by atoms with Crippen molar-refractivity contribution in [3.8, 4) is 0 Å². The molecule has 3 heterocycles. The smallest absolute Gasteiger partial charge is 0.237 e. The second-order valence-corrected chi connectivity index (χ2v) is 7.82. The molecule has 0 radical (unpaired) electrons. The summed E-state index contributed by atoms with van der Waals surface area (Å²) in [5.74, 6) is 0.676. The summed E-state index contributed by atoms with van der Waals surface area (Å²) in [5.41, 5.74) is 1.44. The summed E-state index contributed by atoms with van der Waals surface area (Å²) in [4.78, 5) is 27.5. The van der Waals surface area contributed by atoms with Crippen LogP contribution in [0.2, 0.25) is 0 Å². The Morgan fingerprint density at radius 3 is 2.96 bits per heavy atom. The maximum atomic E-state index is 13.5.